The number of hydrogen-bond acceptors (Lipinski definition) is 7. The Hall–Kier alpha value is -4.09. The van der Waals surface area contributed by atoms with Crippen molar-refractivity contribution in [3.63, 3.8) is 0 Å². The van der Waals surface area contributed by atoms with E-state index in [1.54, 1.807) is 12.4 Å². The normalized spacial score (nSPS) is 14.2. The zero-order valence-electron chi connectivity index (χ0n) is 27.2. The van der Waals surface area contributed by atoms with Gasteiger partial charge in [-0.25, -0.2) is 14.6 Å². The van der Waals surface area contributed by atoms with Crippen LogP contribution in [0, 0.1) is 12.8 Å². The van der Waals surface area contributed by atoms with E-state index in [9.17, 15) is 0 Å². The highest BCUT2D eigenvalue weighted by Gasteiger charge is 2.34. The fourth-order valence-corrected chi connectivity index (χ4v) is 6.53. The molecule has 1 aliphatic rings. The van der Waals surface area contributed by atoms with Crippen molar-refractivity contribution < 1.29 is 14.2 Å². The minimum atomic E-state index is -1.17. The first-order valence-electron chi connectivity index (χ1n) is 16.1. The number of hydrogen-bond donors (Lipinski definition) is 0. The van der Waals surface area contributed by atoms with Crippen LogP contribution in [0.1, 0.15) is 30.5 Å². The summed E-state index contributed by atoms with van der Waals surface area (Å²) in [5, 5.41) is 5.06. The summed E-state index contributed by atoms with van der Waals surface area (Å²) in [4.78, 5) is 14.3. The standard InChI is InChI=1S/C36H39ClN6O3Si/c1-24-40-29-13-12-28(18-32(29)42(24)23-44-16-17-47(2,3)4)46-33-15-14-30-35(34(33)37)41-31(20-38-30)27-19-39-43(21-27)36(26-10-11-26)45-22-25-8-6-5-7-9-25/h5-9,12-15,18-21,26,36H,10-11,16-17,22-23H2,1-4H3. The van der Waals surface area contributed by atoms with Crippen LogP contribution in [0.25, 0.3) is 33.3 Å². The molecule has 0 aliphatic heterocycles. The van der Waals surface area contributed by atoms with Crippen LogP contribution in [-0.2, 0) is 22.8 Å². The molecule has 1 unspecified atom stereocenters. The van der Waals surface area contributed by atoms with E-state index in [1.807, 2.05) is 66.3 Å². The van der Waals surface area contributed by atoms with Crippen molar-refractivity contribution in [2.75, 3.05) is 6.61 Å². The molecule has 0 bridgehead atoms. The van der Waals surface area contributed by atoms with Gasteiger partial charge in [0.15, 0.2) is 6.23 Å². The summed E-state index contributed by atoms with van der Waals surface area (Å²) >= 11 is 6.93. The number of halogens is 1. The van der Waals surface area contributed by atoms with Crippen LogP contribution >= 0.6 is 11.6 Å². The fraction of sp³-hybridized carbons (Fsp3) is 0.333. The number of imidazole rings is 1. The number of benzene rings is 3. The minimum Gasteiger partial charge on any atom is -0.456 e. The van der Waals surface area contributed by atoms with Crippen molar-refractivity contribution in [2.24, 2.45) is 5.92 Å². The molecule has 0 spiro atoms. The second kappa shape index (κ2) is 13.2. The Morgan fingerprint density at radius 1 is 0.979 bits per heavy atom. The molecule has 7 rings (SSSR count). The van der Waals surface area contributed by atoms with Gasteiger partial charge in [-0.2, -0.15) is 5.10 Å². The van der Waals surface area contributed by atoms with Gasteiger partial charge in [-0.1, -0.05) is 61.6 Å². The summed E-state index contributed by atoms with van der Waals surface area (Å²) < 4.78 is 22.7. The van der Waals surface area contributed by atoms with Gasteiger partial charge in [-0.3, -0.25) is 4.98 Å². The summed E-state index contributed by atoms with van der Waals surface area (Å²) in [5.74, 6) is 2.49. The molecule has 1 saturated carbocycles. The van der Waals surface area contributed by atoms with E-state index in [0.717, 1.165) is 53.5 Å². The number of nitrogens with zero attached hydrogens (tertiary/aromatic N) is 6. The molecule has 11 heteroatoms. The lowest BCUT2D eigenvalue weighted by Gasteiger charge is -2.18. The first-order chi connectivity index (χ1) is 22.7. The van der Waals surface area contributed by atoms with Gasteiger partial charge in [0.2, 0.25) is 0 Å². The molecule has 0 N–H and O–H groups in total. The van der Waals surface area contributed by atoms with Crippen LogP contribution in [0.2, 0.25) is 30.7 Å². The Morgan fingerprint density at radius 2 is 1.79 bits per heavy atom. The van der Waals surface area contributed by atoms with Crippen LogP contribution in [0.3, 0.4) is 0 Å². The number of ether oxygens (including phenoxy) is 3. The molecule has 0 radical (unpaired) electrons. The first-order valence-corrected chi connectivity index (χ1v) is 20.2. The van der Waals surface area contributed by atoms with Gasteiger partial charge in [-0.05, 0) is 55.6 Å². The van der Waals surface area contributed by atoms with Crippen molar-refractivity contribution in [1.82, 2.24) is 29.3 Å². The van der Waals surface area contributed by atoms with Crippen LogP contribution in [0.5, 0.6) is 11.5 Å². The van der Waals surface area contributed by atoms with Crippen LogP contribution < -0.4 is 4.74 Å². The van der Waals surface area contributed by atoms with Crippen molar-refractivity contribution >= 4 is 41.7 Å². The molecule has 0 saturated heterocycles. The molecular weight excluding hydrogens is 628 g/mol. The first kappa shape index (κ1) is 31.5. The second-order valence-corrected chi connectivity index (χ2v) is 19.4. The maximum Gasteiger partial charge on any atom is 0.153 e. The quantitative estimate of drug-likeness (QED) is 0.0897. The molecule has 0 amide bonds. The van der Waals surface area contributed by atoms with Gasteiger partial charge < -0.3 is 18.8 Å². The Kier molecular flexibility index (Phi) is 8.84. The molecule has 3 aromatic heterocycles. The zero-order valence-corrected chi connectivity index (χ0v) is 28.9. The largest absolute Gasteiger partial charge is 0.456 e. The highest BCUT2D eigenvalue weighted by molar-refractivity contribution is 6.76. The van der Waals surface area contributed by atoms with Crippen LogP contribution in [-0.4, -0.2) is 44.0 Å². The monoisotopic (exact) mass is 666 g/mol. The van der Waals surface area contributed by atoms with E-state index in [4.69, 9.17) is 35.8 Å². The van der Waals surface area contributed by atoms with Gasteiger partial charge in [0.05, 0.1) is 41.2 Å². The van der Waals surface area contributed by atoms with Gasteiger partial charge in [-0.15, -0.1) is 0 Å². The van der Waals surface area contributed by atoms with Gasteiger partial charge in [0, 0.05) is 38.4 Å². The lowest BCUT2D eigenvalue weighted by atomic mass is 10.2. The van der Waals surface area contributed by atoms with Gasteiger partial charge >= 0.3 is 0 Å². The van der Waals surface area contributed by atoms with E-state index in [1.165, 1.54) is 0 Å². The molecule has 47 heavy (non-hydrogen) atoms. The SMILES string of the molecule is Cc1nc2ccc(Oc3ccc4ncc(-c5cnn(C(OCc6ccccc6)C6CC6)c5)nc4c3Cl)cc2n1COCC[Si](C)(C)C. The molecule has 6 aromatic rings. The van der Waals surface area contributed by atoms with Crippen molar-refractivity contribution in [3.05, 3.63) is 95.7 Å². The second-order valence-electron chi connectivity index (χ2n) is 13.4. The Morgan fingerprint density at radius 3 is 2.57 bits per heavy atom. The molecule has 3 aromatic carbocycles. The highest BCUT2D eigenvalue weighted by atomic mass is 35.5. The van der Waals surface area contributed by atoms with E-state index in [-0.39, 0.29) is 6.23 Å². The Bertz CT molecular complexity index is 2020. The van der Waals surface area contributed by atoms with Crippen LogP contribution in [0.15, 0.2) is 79.3 Å². The Labute approximate surface area is 280 Å². The van der Waals surface area contributed by atoms with Gasteiger partial charge in [0.1, 0.15) is 34.6 Å². The fourth-order valence-electron chi connectivity index (χ4n) is 5.53. The van der Waals surface area contributed by atoms with Crippen molar-refractivity contribution in [1.29, 1.82) is 0 Å². The Balaban J connectivity index is 1.10. The lowest BCUT2D eigenvalue weighted by Crippen LogP contribution is -2.22. The van der Waals surface area contributed by atoms with Gasteiger partial charge in [0.25, 0.3) is 0 Å². The number of fused-ring (bicyclic) bond motifs is 2. The van der Waals surface area contributed by atoms with E-state index in [0.29, 0.717) is 52.5 Å². The van der Waals surface area contributed by atoms with Crippen molar-refractivity contribution in [2.45, 2.75) is 65.0 Å². The lowest BCUT2D eigenvalue weighted by molar-refractivity contribution is -0.0330. The molecular formula is C36H39ClN6O3Si. The predicted octanol–water partition coefficient (Wildman–Crippen LogP) is 9.03. The third-order valence-corrected chi connectivity index (χ3v) is 10.5. The average Bonchev–Trinajstić information content (AvgIpc) is 3.69. The smallest absolute Gasteiger partial charge is 0.153 e. The number of rotatable bonds is 13. The molecule has 242 valence electrons. The summed E-state index contributed by atoms with van der Waals surface area (Å²) in [7, 11) is -1.17. The maximum atomic E-state index is 6.93. The number of aryl methyl sites for hydroxylation is 1. The summed E-state index contributed by atoms with van der Waals surface area (Å²) in [6.07, 6.45) is 7.66. The van der Waals surface area contributed by atoms with Crippen molar-refractivity contribution in [3.8, 4) is 22.8 Å². The third-order valence-electron chi connectivity index (χ3n) is 8.42. The molecule has 1 fully saturated rings. The van der Waals surface area contributed by atoms with Crippen LogP contribution in [0.4, 0.5) is 0 Å². The topological polar surface area (TPSA) is 89.1 Å². The maximum absolute atomic E-state index is 6.93. The minimum absolute atomic E-state index is 0.130. The summed E-state index contributed by atoms with van der Waals surface area (Å²) in [6.45, 7) is 10.8. The molecule has 9 nitrogen and oxygen atoms in total. The molecule has 1 aliphatic carbocycles. The van der Waals surface area contributed by atoms with E-state index >= 15 is 0 Å². The molecule has 3 heterocycles. The summed E-state index contributed by atoms with van der Waals surface area (Å²) in [6, 6.07) is 20.9. The summed E-state index contributed by atoms with van der Waals surface area (Å²) in [5.41, 5.74) is 5.74. The third kappa shape index (κ3) is 7.26. The van der Waals surface area contributed by atoms with E-state index < -0.39 is 8.07 Å². The highest BCUT2D eigenvalue weighted by Crippen LogP contribution is 2.41. The predicted molar refractivity (Wildman–Crippen MR) is 187 cm³/mol. The zero-order chi connectivity index (χ0) is 32.5. The molecule has 1 atom stereocenters. The average molecular weight is 667 g/mol. The number of aromatic nitrogens is 6. The van der Waals surface area contributed by atoms with E-state index in [2.05, 4.69) is 46.4 Å².